The minimum atomic E-state index is -3.91. The summed E-state index contributed by atoms with van der Waals surface area (Å²) in [6.07, 6.45) is 3.73. The summed E-state index contributed by atoms with van der Waals surface area (Å²) in [5.74, 6) is 1.28. The number of rotatable bonds is 4. The molecular formula is C15H20N3O4P. The molecule has 0 spiro atoms. The van der Waals surface area contributed by atoms with Gasteiger partial charge in [0.2, 0.25) is 0 Å². The van der Waals surface area contributed by atoms with Gasteiger partial charge in [-0.3, -0.25) is 4.57 Å². The molecule has 3 rings (SSSR count). The molecular weight excluding hydrogens is 317 g/mol. The molecule has 1 aromatic carbocycles. The molecule has 0 amide bonds. The molecule has 0 radical (unpaired) electrons. The summed E-state index contributed by atoms with van der Waals surface area (Å²) in [5.41, 5.74) is 0.543. The van der Waals surface area contributed by atoms with Crippen molar-refractivity contribution in [3.8, 4) is 5.75 Å². The van der Waals surface area contributed by atoms with Crippen LogP contribution in [0.1, 0.15) is 19.3 Å². The average molecular weight is 337 g/mol. The van der Waals surface area contributed by atoms with Gasteiger partial charge in [-0.1, -0.05) is 6.07 Å². The first-order valence-corrected chi connectivity index (χ1v) is 9.46. The van der Waals surface area contributed by atoms with Gasteiger partial charge in [0, 0.05) is 18.5 Å². The van der Waals surface area contributed by atoms with Gasteiger partial charge in [0.15, 0.2) is 0 Å². The summed E-state index contributed by atoms with van der Waals surface area (Å²) in [4.78, 5) is 28.6. The van der Waals surface area contributed by atoms with Crippen LogP contribution in [0, 0.1) is 5.92 Å². The third-order valence-electron chi connectivity index (χ3n) is 4.37. The van der Waals surface area contributed by atoms with Gasteiger partial charge in [-0.2, -0.15) is 0 Å². The Hall–Kier alpha value is -1.69. The highest BCUT2D eigenvalue weighted by atomic mass is 31.2. The van der Waals surface area contributed by atoms with E-state index in [1.54, 1.807) is 12.1 Å². The summed E-state index contributed by atoms with van der Waals surface area (Å²) in [5, 5.41) is 10.7. The van der Waals surface area contributed by atoms with Crippen LogP contribution < -0.4 is 4.90 Å². The normalized spacial score (nSPS) is 16.9. The lowest BCUT2D eigenvalue weighted by atomic mass is 9.94. The van der Waals surface area contributed by atoms with Gasteiger partial charge >= 0.3 is 7.60 Å². The molecule has 2 aromatic rings. The summed E-state index contributed by atoms with van der Waals surface area (Å²) in [6, 6.07) is 5.27. The molecule has 1 aliphatic rings. The maximum atomic E-state index is 11.0. The number of aromatic hydroxyl groups is 1. The Kier molecular flexibility index (Phi) is 4.53. The van der Waals surface area contributed by atoms with Gasteiger partial charge in [-0.25, -0.2) is 9.97 Å². The minimum Gasteiger partial charge on any atom is -0.506 e. The van der Waals surface area contributed by atoms with E-state index in [1.807, 2.05) is 6.07 Å². The van der Waals surface area contributed by atoms with E-state index in [9.17, 15) is 9.67 Å². The van der Waals surface area contributed by atoms with Crippen LogP contribution in [0.2, 0.25) is 0 Å². The highest BCUT2D eigenvalue weighted by Crippen LogP contribution is 2.38. The maximum Gasteiger partial charge on any atom is 0.325 e. The van der Waals surface area contributed by atoms with Crippen molar-refractivity contribution in [1.29, 1.82) is 0 Å². The van der Waals surface area contributed by atoms with E-state index in [-0.39, 0.29) is 11.9 Å². The van der Waals surface area contributed by atoms with Gasteiger partial charge < -0.3 is 19.8 Å². The summed E-state index contributed by atoms with van der Waals surface area (Å²) < 4.78 is 11.0. The highest BCUT2D eigenvalue weighted by molar-refractivity contribution is 7.51. The molecule has 1 aliphatic heterocycles. The van der Waals surface area contributed by atoms with Crippen molar-refractivity contribution in [2.24, 2.45) is 5.92 Å². The number of para-hydroxylation sites is 1. The fourth-order valence-electron chi connectivity index (χ4n) is 3.09. The topological polar surface area (TPSA) is 107 Å². The molecule has 0 atom stereocenters. The Morgan fingerprint density at radius 2 is 1.96 bits per heavy atom. The van der Waals surface area contributed by atoms with Gasteiger partial charge in [0.05, 0.1) is 6.16 Å². The monoisotopic (exact) mass is 337 g/mol. The summed E-state index contributed by atoms with van der Waals surface area (Å²) >= 11 is 0. The van der Waals surface area contributed by atoms with Crippen LogP contribution in [-0.2, 0) is 4.57 Å². The van der Waals surface area contributed by atoms with E-state index in [0.717, 1.165) is 37.1 Å². The van der Waals surface area contributed by atoms with Crippen molar-refractivity contribution >= 4 is 24.3 Å². The standard InChI is InChI=1S/C15H20N3O4P/c19-13-3-1-2-12-14(13)16-10-17-15(12)18-7-4-11(5-8-18)6-9-23(20,21)22/h1-3,10-11,19H,4-9H2,(H2,20,21,22). The van der Waals surface area contributed by atoms with E-state index in [2.05, 4.69) is 14.9 Å². The number of piperidine rings is 1. The van der Waals surface area contributed by atoms with E-state index < -0.39 is 7.60 Å². The van der Waals surface area contributed by atoms with Crippen molar-refractivity contribution in [2.75, 3.05) is 24.2 Å². The number of nitrogens with zero attached hydrogens (tertiary/aromatic N) is 3. The Morgan fingerprint density at radius 1 is 1.22 bits per heavy atom. The number of fused-ring (bicyclic) bond motifs is 1. The number of benzene rings is 1. The van der Waals surface area contributed by atoms with Crippen molar-refractivity contribution in [3.63, 3.8) is 0 Å². The predicted molar refractivity (Wildman–Crippen MR) is 87.7 cm³/mol. The second-order valence-electron chi connectivity index (χ2n) is 5.98. The van der Waals surface area contributed by atoms with Crippen LogP contribution in [0.25, 0.3) is 10.9 Å². The zero-order valence-electron chi connectivity index (χ0n) is 12.7. The lowest BCUT2D eigenvalue weighted by Crippen LogP contribution is -2.34. The molecule has 0 bridgehead atoms. The number of anilines is 1. The number of phenolic OH excluding ortho intramolecular Hbond substituents is 1. The molecule has 0 saturated carbocycles. The summed E-state index contributed by atoms with van der Waals surface area (Å²) in [6.45, 7) is 1.57. The third-order valence-corrected chi connectivity index (χ3v) is 5.21. The zero-order valence-corrected chi connectivity index (χ0v) is 13.6. The minimum absolute atomic E-state index is 0.0397. The molecule has 7 nitrogen and oxygen atoms in total. The smallest absolute Gasteiger partial charge is 0.325 e. The first kappa shape index (κ1) is 16.2. The van der Waals surface area contributed by atoms with E-state index in [0.29, 0.717) is 17.9 Å². The lowest BCUT2D eigenvalue weighted by molar-refractivity contribution is 0.350. The number of hydrogen-bond donors (Lipinski definition) is 3. The molecule has 3 N–H and O–H groups in total. The van der Waals surface area contributed by atoms with Crippen LogP contribution >= 0.6 is 7.60 Å². The van der Waals surface area contributed by atoms with Crippen LogP contribution in [0.15, 0.2) is 24.5 Å². The number of phenols is 1. The fourth-order valence-corrected chi connectivity index (χ4v) is 3.80. The first-order valence-electron chi connectivity index (χ1n) is 7.66. The predicted octanol–water partition coefficient (Wildman–Crippen LogP) is 2.12. The second kappa shape index (κ2) is 6.43. The number of aromatic nitrogens is 2. The zero-order chi connectivity index (χ0) is 16.4. The van der Waals surface area contributed by atoms with E-state index in [4.69, 9.17) is 9.79 Å². The van der Waals surface area contributed by atoms with Crippen molar-refractivity contribution in [1.82, 2.24) is 9.97 Å². The average Bonchev–Trinajstić information content (AvgIpc) is 2.53. The molecule has 8 heteroatoms. The Bertz CT molecular complexity index is 741. The van der Waals surface area contributed by atoms with Crippen LogP contribution in [0.4, 0.5) is 5.82 Å². The molecule has 2 heterocycles. The van der Waals surface area contributed by atoms with Crippen LogP contribution in [0.3, 0.4) is 0 Å². The third kappa shape index (κ3) is 3.80. The molecule has 1 saturated heterocycles. The van der Waals surface area contributed by atoms with Gasteiger partial charge in [-0.15, -0.1) is 0 Å². The van der Waals surface area contributed by atoms with Crippen molar-refractivity contribution in [2.45, 2.75) is 19.3 Å². The van der Waals surface area contributed by atoms with Crippen molar-refractivity contribution in [3.05, 3.63) is 24.5 Å². The fraction of sp³-hybridized carbons (Fsp3) is 0.467. The molecule has 0 unspecified atom stereocenters. The van der Waals surface area contributed by atoms with Crippen LogP contribution in [0.5, 0.6) is 5.75 Å². The number of hydrogen-bond acceptors (Lipinski definition) is 5. The van der Waals surface area contributed by atoms with Crippen LogP contribution in [-0.4, -0.2) is 44.1 Å². The summed E-state index contributed by atoms with van der Waals surface area (Å²) in [7, 11) is -3.91. The SMILES string of the molecule is O=P(O)(O)CCC1CCN(c2ncnc3c(O)cccc23)CC1. The van der Waals surface area contributed by atoms with Gasteiger partial charge in [0.25, 0.3) is 0 Å². The molecule has 124 valence electrons. The molecule has 23 heavy (non-hydrogen) atoms. The van der Waals surface area contributed by atoms with E-state index in [1.165, 1.54) is 6.33 Å². The lowest BCUT2D eigenvalue weighted by Gasteiger charge is -2.33. The Labute approximate surface area is 134 Å². The second-order valence-corrected chi connectivity index (χ2v) is 7.75. The quantitative estimate of drug-likeness (QED) is 0.734. The maximum absolute atomic E-state index is 11.0. The molecule has 0 aliphatic carbocycles. The highest BCUT2D eigenvalue weighted by Gasteiger charge is 2.24. The Balaban J connectivity index is 1.71. The van der Waals surface area contributed by atoms with Crippen molar-refractivity contribution < 1.29 is 19.5 Å². The Morgan fingerprint density at radius 3 is 2.65 bits per heavy atom. The molecule has 1 aromatic heterocycles. The first-order chi connectivity index (χ1) is 10.9. The van der Waals surface area contributed by atoms with Gasteiger partial charge in [0.1, 0.15) is 23.4 Å². The van der Waals surface area contributed by atoms with Gasteiger partial charge in [-0.05, 0) is 37.3 Å². The molecule has 1 fully saturated rings. The van der Waals surface area contributed by atoms with E-state index >= 15 is 0 Å². The largest absolute Gasteiger partial charge is 0.506 e.